The van der Waals surface area contributed by atoms with Crippen LogP contribution in [0.25, 0.3) is 0 Å². The average molecular weight is 247 g/mol. The van der Waals surface area contributed by atoms with Gasteiger partial charge in [-0.05, 0) is 0 Å². The fraction of sp³-hybridized carbons (Fsp3) is 0.400. The van der Waals surface area contributed by atoms with E-state index in [4.69, 9.17) is 22.4 Å². The van der Waals surface area contributed by atoms with Gasteiger partial charge in [-0.3, -0.25) is 0 Å². The van der Waals surface area contributed by atoms with Crippen molar-refractivity contribution in [1.29, 1.82) is 0 Å². The highest BCUT2D eigenvalue weighted by atomic mass is 35.5. The first-order chi connectivity index (χ1) is 7.16. The molecule has 88 valence electrons. The first kappa shape index (κ1) is 12.7. The van der Waals surface area contributed by atoms with Crippen LogP contribution in [0.5, 0.6) is 0 Å². The van der Waals surface area contributed by atoms with Gasteiger partial charge in [-0.25, -0.2) is 14.2 Å². The number of halogens is 2. The first-order valence-corrected chi connectivity index (χ1v) is 4.92. The van der Waals surface area contributed by atoms with Crippen molar-refractivity contribution < 1.29 is 14.3 Å². The molecular weight excluding hydrogens is 235 g/mol. The molecule has 16 heavy (non-hydrogen) atoms. The molecule has 0 spiro atoms. The summed E-state index contributed by atoms with van der Waals surface area (Å²) in [7, 11) is 0. The Morgan fingerprint density at radius 3 is 2.38 bits per heavy atom. The van der Waals surface area contributed by atoms with E-state index in [0.29, 0.717) is 0 Å². The maximum atomic E-state index is 13.7. The van der Waals surface area contributed by atoms with Crippen LogP contribution in [0.15, 0.2) is 0 Å². The van der Waals surface area contributed by atoms with E-state index in [0.717, 1.165) is 0 Å². The van der Waals surface area contributed by atoms with Crippen LogP contribution in [-0.2, 0) is 5.41 Å². The Morgan fingerprint density at radius 2 is 2.00 bits per heavy atom. The number of nitrogen functional groups attached to an aromatic ring is 1. The van der Waals surface area contributed by atoms with Crippen molar-refractivity contribution >= 4 is 23.3 Å². The molecule has 0 aliphatic carbocycles. The predicted molar refractivity (Wildman–Crippen MR) is 59.3 cm³/mol. The number of rotatable bonds is 1. The van der Waals surface area contributed by atoms with Crippen molar-refractivity contribution in [1.82, 2.24) is 4.98 Å². The van der Waals surface area contributed by atoms with Gasteiger partial charge in [0.25, 0.3) is 0 Å². The van der Waals surface area contributed by atoms with Gasteiger partial charge >= 0.3 is 5.97 Å². The number of nitrogens with zero attached hydrogens (tertiary/aromatic N) is 1. The Balaban J connectivity index is 3.61. The third-order valence-corrected chi connectivity index (χ3v) is 2.41. The molecular formula is C10H12ClFN2O2. The number of aromatic nitrogens is 1. The van der Waals surface area contributed by atoms with Crippen LogP contribution >= 0.6 is 11.6 Å². The van der Waals surface area contributed by atoms with Crippen LogP contribution in [0.3, 0.4) is 0 Å². The molecule has 0 bridgehead atoms. The van der Waals surface area contributed by atoms with E-state index in [-0.39, 0.29) is 16.4 Å². The lowest BCUT2D eigenvalue weighted by Crippen LogP contribution is -2.20. The van der Waals surface area contributed by atoms with Gasteiger partial charge in [0, 0.05) is 5.41 Å². The van der Waals surface area contributed by atoms with Gasteiger partial charge in [-0.15, -0.1) is 0 Å². The van der Waals surface area contributed by atoms with Crippen molar-refractivity contribution in [2.75, 3.05) is 5.73 Å². The molecule has 0 radical (unpaired) electrons. The molecule has 0 saturated carbocycles. The van der Waals surface area contributed by atoms with Crippen molar-refractivity contribution in [3.05, 3.63) is 22.2 Å². The van der Waals surface area contributed by atoms with Gasteiger partial charge in [0.15, 0.2) is 11.5 Å². The molecule has 0 aliphatic heterocycles. The van der Waals surface area contributed by atoms with Gasteiger partial charge in [0.1, 0.15) is 0 Å². The van der Waals surface area contributed by atoms with Crippen molar-refractivity contribution in [3.63, 3.8) is 0 Å². The van der Waals surface area contributed by atoms with Gasteiger partial charge < -0.3 is 10.8 Å². The largest absolute Gasteiger partial charge is 0.476 e. The van der Waals surface area contributed by atoms with Crippen LogP contribution in [0.2, 0.25) is 5.02 Å². The Hall–Kier alpha value is -1.36. The van der Waals surface area contributed by atoms with E-state index in [2.05, 4.69) is 4.98 Å². The van der Waals surface area contributed by atoms with Crippen molar-refractivity contribution in [3.8, 4) is 0 Å². The second-order valence-electron chi connectivity index (χ2n) is 4.41. The van der Waals surface area contributed by atoms with Gasteiger partial charge in [-0.2, -0.15) is 0 Å². The maximum Gasteiger partial charge on any atom is 0.356 e. The van der Waals surface area contributed by atoms with Crippen LogP contribution in [0.4, 0.5) is 10.1 Å². The number of nitrogens with two attached hydrogens (primary N) is 1. The number of hydrogen-bond acceptors (Lipinski definition) is 3. The topological polar surface area (TPSA) is 76.2 Å². The summed E-state index contributed by atoms with van der Waals surface area (Å²) in [5.74, 6) is -2.09. The standard InChI is InChI=1S/C10H12ClFN2O2/c1-10(2,3)8-5(12)6(13)4(11)7(14-8)9(15)16/h1-3H3,(H2,13,14)(H,15,16). The maximum absolute atomic E-state index is 13.7. The molecule has 0 aliphatic rings. The first-order valence-electron chi connectivity index (χ1n) is 4.54. The molecule has 1 aromatic rings. The molecule has 1 rings (SSSR count). The Morgan fingerprint density at radius 1 is 1.50 bits per heavy atom. The minimum atomic E-state index is -1.33. The zero-order chi connectivity index (χ0) is 12.7. The summed E-state index contributed by atoms with van der Waals surface area (Å²) < 4.78 is 13.7. The summed E-state index contributed by atoms with van der Waals surface area (Å²) in [5, 5.41) is 8.48. The fourth-order valence-electron chi connectivity index (χ4n) is 1.20. The Bertz CT molecular complexity index is 455. The average Bonchev–Trinajstić information content (AvgIpc) is 2.11. The molecule has 4 nitrogen and oxygen atoms in total. The smallest absolute Gasteiger partial charge is 0.356 e. The quantitative estimate of drug-likeness (QED) is 0.798. The third-order valence-electron chi connectivity index (χ3n) is 2.03. The number of hydrogen-bond donors (Lipinski definition) is 2. The molecule has 6 heteroatoms. The second kappa shape index (κ2) is 3.90. The summed E-state index contributed by atoms with van der Waals surface area (Å²) in [6, 6.07) is 0. The third kappa shape index (κ3) is 2.09. The van der Waals surface area contributed by atoms with Gasteiger partial charge in [0.05, 0.1) is 16.4 Å². The number of carboxylic acid groups (broad SMARTS) is 1. The lowest BCUT2D eigenvalue weighted by Gasteiger charge is -2.20. The second-order valence-corrected chi connectivity index (χ2v) is 4.78. The minimum absolute atomic E-state index is 0.00759. The summed E-state index contributed by atoms with van der Waals surface area (Å²) in [5.41, 5.74) is 3.95. The normalized spacial score (nSPS) is 11.6. The van der Waals surface area contributed by atoms with E-state index in [1.54, 1.807) is 20.8 Å². The number of carboxylic acids is 1. The molecule has 0 amide bonds. The highest BCUT2D eigenvalue weighted by Gasteiger charge is 2.27. The summed E-state index contributed by atoms with van der Waals surface area (Å²) >= 11 is 5.61. The molecule has 0 aromatic carbocycles. The van der Waals surface area contributed by atoms with Crippen LogP contribution < -0.4 is 5.73 Å². The summed E-state index contributed by atoms with van der Waals surface area (Å²) in [6.07, 6.45) is 0. The Kier molecular flexibility index (Phi) is 3.10. The fourth-order valence-corrected chi connectivity index (χ4v) is 1.41. The van der Waals surface area contributed by atoms with E-state index in [1.807, 2.05) is 0 Å². The SMILES string of the molecule is CC(C)(C)c1nc(C(=O)O)c(Cl)c(N)c1F. The number of aromatic carboxylic acids is 1. The van der Waals surface area contributed by atoms with Crippen molar-refractivity contribution in [2.45, 2.75) is 26.2 Å². The molecule has 1 aromatic heterocycles. The Labute approximate surface area is 97.2 Å². The van der Waals surface area contributed by atoms with E-state index < -0.39 is 22.9 Å². The molecule has 0 saturated heterocycles. The number of anilines is 1. The highest BCUT2D eigenvalue weighted by molar-refractivity contribution is 6.35. The minimum Gasteiger partial charge on any atom is -0.476 e. The molecule has 1 heterocycles. The molecule has 0 fully saturated rings. The zero-order valence-corrected chi connectivity index (χ0v) is 9.89. The van der Waals surface area contributed by atoms with E-state index >= 15 is 0 Å². The lowest BCUT2D eigenvalue weighted by atomic mass is 9.90. The molecule has 3 N–H and O–H groups in total. The summed E-state index contributed by atoms with van der Waals surface area (Å²) in [4.78, 5) is 14.6. The highest BCUT2D eigenvalue weighted by Crippen LogP contribution is 2.32. The number of carbonyl (C=O) groups is 1. The lowest BCUT2D eigenvalue weighted by molar-refractivity contribution is 0.0690. The van der Waals surface area contributed by atoms with E-state index in [9.17, 15) is 9.18 Å². The monoisotopic (exact) mass is 246 g/mol. The molecule has 0 unspecified atom stereocenters. The van der Waals surface area contributed by atoms with Crippen LogP contribution in [0, 0.1) is 5.82 Å². The molecule has 0 atom stereocenters. The summed E-state index contributed by atoms with van der Waals surface area (Å²) in [6.45, 7) is 5.12. The number of pyridine rings is 1. The van der Waals surface area contributed by atoms with Crippen LogP contribution in [-0.4, -0.2) is 16.1 Å². The van der Waals surface area contributed by atoms with Gasteiger partial charge in [-0.1, -0.05) is 32.4 Å². The predicted octanol–water partition coefficient (Wildman–Crippen LogP) is 2.45. The van der Waals surface area contributed by atoms with Gasteiger partial charge in [0.2, 0.25) is 0 Å². The van der Waals surface area contributed by atoms with E-state index in [1.165, 1.54) is 0 Å². The van der Waals surface area contributed by atoms with Crippen molar-refractivity contribution in [2.24, 2.45) is 0 Å². The van der Waals surface area contributed by atoms with Crippen LogP contribution in [0.1, 0.15) is 37.0 Å². The zero-order valence-electron chi connectivity index (χ0n) is 9.14.